The van der Waals surface area contributed by atoms with Crippen LogP contribution in [0, 0.1) is 17.2 Å². The molecule has 1 aromatic rings. The number of hydrogen-bond acceptors (Lipinski definition) is 2. The quantitative estimate of drug-likeness (QED) is 0.780. The summed E-state index contributed by atoms with van der Waals surface area (Å²) >= 11 is 0. The van der Waals surface area contributed by atoms with Crippen molar-refractivity contribution in [2.75, 3.05) is 18.5 Å². The van der Waals surface area contributed by atoms with Crippen molar-refractivity contribution < 1.29 is 4.79 Å². The first-order chi connectivity index (χ1) is 8.13. The molecule has 0 spiro atoms. The van der Waals surface area contributed by atoms with Gasteiger partial charge in [-0.3, -0.25) is 4.90 Å². The summed E-state index contributed by atoms with van der Waals surface area (Å²) in [6.45, 7) is 2.90. The Labute approximate surface area is 101 Å². The Bertz CT molecular complexity index is 478. The molecule has 1 aliphatic heterocycles. The third kappa shape index (κ3) is 2.09. The number of hydrogen-bond donors (Lipinski definition) is 0. The number of amides is 2. The topological polar surface area (TPSA) is 47.3 Å². The number of rotatable bonds is 2. The van der Waals surface area contributed by atoms with Crippen LogP contribution in [-0.2, 0) is 6.54 Å². The van der Waals surface area contributed by atoms with Crippen LogP contribution in [0.3, 0.4) is 0 Å². The van der Waals surface area contributed by atoms with Gasteiger partial charge < -0.3 is 4.90 Å². The molecule has 0 radical (unpaired) electrons. The Balaban J connectivity index is 2.36. The SMILES string of the molecule is CC(C#N)CN1C(=O)N(C)Cc2ccccc21. The van der Waals surface area contributed by atoms with Gasteiger partial charge in [-0.1, -0.05) is 18.2 Å². The van der Waals surface area contributed by atoms with Gasteiger partial charge in [0, 0.05) is 20.1 Å². The van der Waals surface area contributed by atoms with Crippen molar-refractivity contribution in [1.82, 2.24) is 4.90 Å². The molecule has 1 unspecified atom stereocenters. The largest absolute Gasteiger partial charge is 0.324 e. The number of para-hydroxylation sites is 1. The Hall–Kier alpha value is -2.02. The molecule has 17 heavy (non-hydrogen) atoms. The fourth-order valence-electron chi connectivity index (χ4n) is 2.03. The molecule has 1 aliphatic rings. The van der Waals surface area contributed by atoms with E-state index in [0.29, 0.717) is 13.1 Å². The molecule has 1 atom stereocenters. The average molecular weight is 229 g/mol. The minimum Gasteiger partial charge on any atom is -0.323 e. The van der Waals surface area contributed by atoms with Crippen molar-refractivity contribution in [3.05, 3.63) is 29.8 Å². The van der Waals surface area contributed by atoms with E-state index in [1.54, 1.807) is 16.8 Å². The number of benzene rings is 1. The summed E-state index contributed by atoms with van der Waals surface area (Å²) in [6, 6.07) is 9.97. The van der Waals surface area contributed by atoms with Crippen LogP contribution in [0.25, 0.3) is 0 Å². The molecule has 0 N–H and O–H groups in total. The van der Waals surface area contributed by atoms with E-state index in [4.69, 9.17) is 5.26 Å². The van der Waals surface area contributed by atoms with Gasteiger partial charge in [-0.15, -0.1) is 0 Å². The molecule has 0 saturated carbocycles. The van der Waals surface area contributed by atoms with E-state index in [0.717, 1.165) is 11.3 Å². The lowest BCUT2D eigenvalue weighted by atomic mass is 10.1. The Morgan fingerprint density at radius 1 is 1.47 bits per heavy atom. The first kappa shape index (κ1) is 11.5. The molecule has 4 nitrogen and oxygen atoms in total. The number of nitriles is 1. The van der Waals surface area contributed by atoms with Crippen molar-refractivity contribution >= 4 is 11.7 Å². The maximum absolute atomic E-state index is 12.1. The van der Waals surface area contributed by atoms with E-state index >= 15 is 0 Å². The summed E-state index contributed by atoms with van der Waals surface area (Å²) in [5, 5.41) is 8.86. The van der Waals surface area contributed by atoms with Crippen molar-refractivity contribution in [2.24, 2.45) is 5.92 Å². The lowest BCUT2D eigenvalue weighted by Crippen LogP contribution is -2.46. The van der Waals surface area contributed by atoms with Crippen LogP contribution in [0.15, 0.2) is 24.3 Å². The summed E-state index contributed by atoms with van der Waals surface area (Å²) in [5.74, 6) is -0.168. The van der Waals surface area contributed by atoms with Crippen LogP contribution >= 0.6 is 0 Å². The number of carbonyl (C=O) groups is 1. The van der Waals surface area contributed by atoms with Crippen molar-refractivity contribution in [3.8, 4) is 6.07 Å². The van der Waals surface area contributed by atoms with Crippen LogP contribution in [0.1, 0.15) is 12.5 Å². The van der Waals surface area contributed by atoms with Crippen molar-refractivity contribution in [3.63, 3.8) is 0 Å². The molecular weight excluding hydrogens is 214 g/mol. The Morgan fingerprint density at radius 3 is 2.88 bits per heavy atom. The standard InChI is InChI=1S/C13H15N3O/c1-10(7-14)8-16-12-6-4-3-5-11(12)9-15(2)13(16)17/h3-6,10H,8-9H2,1-2H3. The van der Waals surface area contributed by atoms with Gasteiger partial charge in [0.25, 0.3) is 0 Å². The highest BCUT2D eigenvalue weighted by Gasteiger charge is 2.28. The van der Waals surface area contributed by atoms with Gasteiger partial charge in [-0.25, -0.2) is 4.79 Å². The maximum atomic E-state index is 12.1. The second-order valence-electron chi connectivity index (χ2n) is 4.41. The first-order valence-corrected chi connectivity index (χ1v) is 5.63. The van der Waals surface area contributed by atoms with Crippen LogP contribution in [0.2, 0.25) is 0 Å². The molecule has 2 amide bonds. The molecule has 4 heteroatoms. The minimum absolute atomic E-state index is 0.0363. The second-order valence-corrected chi connectivity index (χ2v) is 4.41. The molecule has 0 aliphatic carbocycles. The predicted molar refractivity (Wildman–Crippen MR) is 65.4 cm³/mol. The fraction of sp³-hybridized carbons (Fsp3) is 0.385. The zero-order valence-electron chi connectivity index (χ0n) is 10.1. The highest BCUT2D eigenvalue weighted by atomic mass is 16.2. The number of nitrogens with zero attached hydrogens (tertiary/aromatic N) is 3. The molecule has 0 bridgehead atoms. The molecule has 0 saturated heterocycles. The molecule has 0 fully saturated rings. The fourth-order valence-corrected chi connectivity index (χ4v) is 2.03. The van der Waals surface area contributed by atoms with E-state index in [9.17, 15) is 4.79 Å². The average Bonchev–Trinajstić information content (AvgIpc) is 2.34. The van der Waals surface area contributed by atoms with Crippen molar-refractivity contribution in [2.45, 2.75) is 13.5 Å². The molecule has 1 aromatic carbocycles. The van der Waals surface area contributed by atoms with Crippen LogP contribution in [-0.4, -0.2) is 24.5 Å². The number of urea groups is 1. The predicted octanol–water partition coefficient (Wildman–Crippen LogP) is 2.22. The lowest BCUT2D eigenvalue weighted by Gasteiger charge is -2.35. The summed E-state index contributed by atoms with van der Waals surface area (Å²) in [5.41, 5.74) is 2.05. The van der Waals surface area contributed by atoms with E-state index in [-0.39, 0.29) is 11.9 Å². The third-order valence-corrected chi connectivity index (χ3v) is 2.92. The van der Waals surface area contributed by atoms with Crippen LogP contribution in [0.5, 0.6) is 0 Å². The summed E-state index contributed by atoms with van der Waals surface area (Å²) in [7, 11) is 1.78. The molecule has 0 aromatic heterocycles. The van der Waals surface area contributed by atoms with Gasteiger partial charge in [0.05, 0.1) is 17.7 Å². The van der Waals surface area contributed by atoms with E-state index in [1.807, 2.05) is 31.2 Å². The summed E-state index contributed by atoms with van der Waals surface area (Å²) < 4.78 is 0. The zero-order valence-corrected chi connectivity index (χ0v) is 10.1. The summed E-state index contributed by atoms with van der Waals surface area (Å²) in [6.07, 6.45) is 0. The smallest absolute Gasteiger partial charge is 0.323 e. The van der Waals surface area contributed by atoms with E-state index in [2.05, 4.69) is 6.07 Å². The van der Waals surface area contributed by atoms with Gasteiger partial charge in [0.15, 0.2) is 0 Å². The zero-order chi connectivity index (χ0) is 12.4. The maximum Gasteiger partial charge on any atom is 0.324 e. The molecule has 2 rings (SSSR count). The summed E-state index contributed by atoms with van der Waals surface area (Å²) in [4.78, 5) is 15.4. The number of anilines is 1. The van der Waals surface area contributed by atoms with Crippen LogP contribution in [0.4, 0.5) is 10.5 Å². The molecule has 1 heterocycles. The Kier molecular flexibility index (Phi) is 3.01. The van der Waals surface area contributed by atoms with E-state index in [1.165, 1.54) is 0 Å². The van der Waals surface area contributed by atoms with Gasteiger partial charge >= 0.3 is 6.03 Å². The first-order valence-electron chi connectivity index (χ1n) is 5.63. The normalized spacial score (nSPS) is 16.4. The molecule has 88 valence electrons. The number of fused-ring (bicyclic) bond motifs is 1. The van der Waals surface area contributed by atoms with Gasteiger partial charge in [0.1, 0.15) is 0 Å². The van der Waals surface area contributed by atoms with Crippen LogP contribution < -0.4 is 4.90 Å². The van der Waals surface area contributed by atoms with Gasteiger partial charge in [0.2, 0.25) is 0 Å². The Morgan fingerprint density at radius 2 is 2.18 bits per heavy atom. The van der Waals surface area contributed by atoms with E-state index < -0.39 is 0 Å². The monoisotopic (exact) mass is 229 g/mol. The lowest BCUT2D eigenvalue weighted by molar-refractivity contribution is 0.210. The highest BCUT2D eigenvalue weighted by Crippen LogP contribution is 2.28. The third-order valence-electron chi connectivity index (χ3n) is 2.92. The number of carbonyl (C=O) groups excluding carboxylic acids is 1. The van der Waals surface area contributed by atoms with Gasteiger partial charge in [-0.2, -0.15) is 5.26 Å². The highest BCUT2D eigenvalue weighted by molar-refractivity contribution is 5.94. The second kappa shape index (κ2) is 4.46. The van der Waals surface area contributed by atoms with Gasteiger partial charge in [-0.05, 0) is 18.6 Å². The molecular formula is C13H15N3O. The van der Waals surface area contributed by atoms with Crippen molar-refractivity contribution in [1.29, 1.82) is 5.26 Å². The minimum atomic E-state index is -0.168.